The van der Waals surface area contributed by atoms with Crippen LogP contribution in [0.25, 0.3) is 0 Å². The van der Waals surface area contributed by atoms with Crippen LogP contribution in [0.15, 0.2) is 48.5 Å². The summed E-state index contributed by atoms with van der Waals surface area (Å²) in [7, 11) is 0. The molecule has 4 rings (SSSR count). The maximum atomic E-state index is 13.5. The minimum atomic E-state index is -4.52. The van der Waals surface area contributed by atoms with E-state index in [1.807, 2.05) is 44.2 Å². The van der Waals surface area contributed by atoms with E-state index in [1.165, 1.54) is 15.9 Å². The molecule has 0 N–H and O–H groups in total. The van der Waals surface area contributed by atoms with Crippen molar-refractivity contribution in [3.05, 3.63) is 70.8 Å². The minimum Gasteiger partial charge on any atom is -0.444 e. The number of nitrogens with zero attached hydrogens (tertiary/aromatic N) is 3. The quantitative estimate of drug-likeness (QED) is 0.555. The third-order valence-electron chi connectivity index (χ3n) is 6.98. The van der Waals surface area contributed by atoms with Crippen LogP contribution in [0.3, 0.4) is 0 Å². The topological polar surface area (TPSA) is 70.2 Å². The number of hydrogen-bond acceptors (Lipinski definition) is 4. The number of amides is 3. The predicted molar refractivity (Wildman–Crippen MR) is 133 cm³/mol. The van der Waals surface area contributed by atoms with Crippen molar-refractivity contribution in [2.45, 2.75) is 59.2 Å². The lowest BCUT2D eigenvalue weighted by Crippen LogP contribution is -2.73. The second kappa shape index (κ2) is 10.7. The first kappa shape index (κ1) is 27.5. The standard InChI is InChI=1S/C28H32F3N3O4/c1-17(2)24-26(36)32(14-20-8-6-5-7-9-20)15-23-33(13-19(4)25(35)34(23)24)27(37)38-16-21-10-18(3)11-22(12-21)28(29,30)31/h5-12,17,19,23-24H,13-16H2,1-4H3/t19-,23+,24-/m0/s1. The summed E-state index contributed by atoms with van der Waals surface area (Å²) in [6.07, 6.45) is -6.01. The summed E-state index contributed by atoms with van der Waals surface area (Å²) in [5.41, 5.74) is 0.722. The molecule has 2 aromatic rings. The van der Waals surface area contributed by atoms with Crippen molar-refractivity contribution in [2.75, 3.05) is 13.1 Å². The molecule has 2 heterocycles. The molecule has 0 aromatic heterocycles. The molecule has 3 atom stereocenters. The molecule has 204 valence electrons. The molecule has 2 aromatic carbocycles. The molecule has 0 spiro atoms. The average Bonchev–Trinajstić information content (AvgIpc) is 2.85. The second-order valence-corrected chi connectivity index (χ2v) is 10.4. The predicted octanol–water partition coefficient (Wildman–Crippen LogP) is 4.82. The molecular formula is C28H32F3N3O4. The number of alkyl halides is 3. The van der Waals surface area contributed by atoms with Gasteiger partial charge >= 0.3 is 12.3 Å². The van der Waals surface area contributed by atoms with E-state index in [0.29, 0.717) is 12.1 Å². The molecule has 2 saturated heterocycles. The lowest BCUT2D eigenvalue weighted by atomic mass is 9.92. The van der Waals surface area contributed by atoms with E-state index in [1.54, 1.807) is 18.7 Å². The molecule has 0 unspecified atom stereocenters. The zero-order valence-electron chi connectivity index (χ0n) is 21.9. The van der Waals surface area contributed by atoms with Gasteiger partial charge in [0.05, 0.1) is 18.0 Å². The largest absolute Gasteiger partial charge is 0.444 e. The van der Waals surface area contributed by atoms with Gasteiger partial charge in [-0.3, -0.25) is 14.5 Å². The fourth-order valence-corrected chi connectivity index (χ4v) is 5.23. The fraction of sp³-hybridized carbons (Fsp3) is 0.464. The maximum absolute atomic E-state index is 13.5. The number of halogens is 3. The number of benzene rings is 2. The zero-order valence-corrected chi connectivity index (χ0v) is 21.9. The maximum Gasteiger partial charge on any atom is 0.416 e. The van der Waals surface area contributed by atoms with Crippen molar-refractivity contribution in [1.29, 1.82) is 0 Å². The van der Waals surface area contributed by atoms with Crippen molar-refractivity contribution in [1.82, 2.24) is 14.7 Å². The van der Waals surface area contributed by atoms with Crippen LogP contribution in [-0.2, 0) is 33.7 Å². The third kappa shape index (κ3) is 5.63. The highest BCUT2D eigenvalue weighted by molar-refractivity contribution is 5.91. The molecule has 7 nitrogen and oxygen atoms in total. The molecule has 38 heavy (non-hydrogen) atoms. The molecular weight excluding hydrogens is 499 g/mol. The minimum absolute atomic E-state index is 0.0820. The van der Waals surface area contributed by atoms with Gasteiger partial charge in [0.1, 0.15) is 18.8 Å². The van der Waals surface area contributed by atoms with Gasteiger partial charge in [0.25, 0.3) is 0 Å². The van der Waals surface area contributed by atoms with Crippen molar-refractivity contribution in [3.63, 3.8) is 0 Å². The summed E-state index contributed by atoms with van der Waals surface area (Å²) in [5.74, 6) is -1.16. The monoisotopic (exact) mass is 531 g/mol. The first-order chi connectivity index (χ1) is 17.9. The first-order valence-corrected chi connectivity index (χ1v) is 12.6. The van der Waals surface area contributed by atoms with Gasteiger partial charge in [-0.15, -0.1) is 0 Å². The van der Waals surface area contributed by atoms with Gasteiger partial charge in [0.15, 0.2) is 0 Å². The number of carbonyl (C=O) groups is 3. The van der Waals surface area contributed by atoms with Gasteiger partial charge < -0.3 is 14.5 Å². The zero-order chi connectivity index (χ0) is 27.8. The molecule has 3 amide bonds. The van der Waals surface area contributed by atoms with E-state index < -0.39 is 36.0 Å². The summed E-state index contributed by atoms with van der Waals surface area (Å²) in [5, 5.41) is 0. The van der Waals surface area contributed by atoms with Crippen molar-refractivity contribution in [3.8, 4) is 0 Å². The van der Waals surface area contributed by atoms with Crippen LogP contribution in [0.5, 0.6) is 0 Å². The molecule has 2 aliphatic rings. The van der Waals surface area contributed by atoms with Crippen LogP contribution >= 0.6 is 0 Å². The van der Waals surface area contributed by atoms with Gasteiger partial charge in [0, 0.05) is 13.1 Å². The van der Waals surface area contributed by atoms with E-state index in [0.717, 1.165) is 17.7 Å². The van der Waals surface area contributed by atoms with Crippen LogP contribution in [0.4, 0.5) is 18.0 Å². The number of carbonyl (C=O) groups excluding carboxylic acids is 3. The summed E-state index contributed by atoms with van der Waals surface area (Å²) in [6, 6.07) is 12.2. The summed E-state index contributed by atoms with van der Waals surface area (Å²) in [4.78, 5) is 44.7. The Hall–Kier alpha value is -3.56. The third-order valence-corrected chi connectivity index (χ3v) is 6.98. The number of hydrogen-bond donors (Lipinski definition) is 0. The summed E-state index contributed by atoms with van der Waals surface area (Å²) < 4.78 is 45.2. The van der Waals surface area contributed by atoms with Gasteiger partial charge in [-0.05, 0) is 36.1 Å². The first-order valence-electron chi connectivity index (χ1n) is 12.6. The highest BCUT2D eigenvalue weighted by Crippen LogP contribution is 2.33. The fourth-order valence-electron chi connectivity index (χ4n) is 5.23. The van der Waals surface area contributed by atoms with Gasteiger partial charge in [-0.25, -0.2) is 4.79 Å². The van der Waals surface area contributed by atoms with Crippen molar-refractivity contribution < 1.29 is 32.3 Å². The number of aryl methyl sites for hydroxylation is 1. The highest BCUT2D eigenvalue weighted by Gasteiger charge is 2.52. The number of ether oxygens (including phenoxy) is 1. The van der Waals surface area contributed by atoms with Crippen LogP contribution < -0.4 is 0 Å². The van der Waals surface area contributed by atoms with E-state index in [-0.39, 0.29) is 43.0 Å². The number of piperazine rings is 1. The summed E-state index contributed by atoms with van der Waals surface area (Å²) in [6.45, 7) is 7.11. The van der Waals surface area contributed by atoms with E-state index in [2.05, 4.69) is 0 Å². The molecule has 10 heteroatoms. The summed E-state index contributed by atoms with van der Waals surface area (Å²) >= 11 is 0. The molecule has 0 aliphatic carbocycles. The van der Waals surface area contributed by atoms with Gasteiger partial charge in [-0.1, -0.05) is 62.7 Å². The van der Waals surface area contributed by atoms with E-state index in [9.17, 15) is 27.6 Å². The van der Waals surface area contributed by atoms with E-state index >= 15 is 0 Å². The lowest BCUT2D eigenvalue weighted by Gasteiger charge is -2.54. The van der Waals surface area contributed by atoms with Gasteiger partial charge in [-0.2, -0.15) is 13.2 Å². The highest BCUT2D eigenvalue weighted by atomic mass is 19.4. The van der Waals surface area contributed by atoms with Crippen LogP contribution in [-0.4, -0.2) is 57.9 Å². The SMILES string of the molecule is Cc1cc(COC(=O)N2C[C@H](C)C(=O)N3[C@@H](C(C)C)C(=O)N(Cc4ccccc4)C[C@H]23)cc(C(F)(F)F)c1. The number of rotatable bonds is 5. The average molecular weight is 532 g/mol. The Morgan fingerprint density at radius 3 is 2.34 bits per heavy atom. The molecule has 0 saturated carbocycles. The Balaban J connectivity index is 1.59. The Bertz CT molecular complexity index is 1200. The Kier molecular flexibility index (Phi) is 7.71. The van der Waals surface area contributed by atoms with Gasteiger partial charge in [0.2, 0.25) is 11.8 Å². The molecule has 2 aliphatic heterocycles. The molecule has 2 fully saturated rings. The smallest absolute Gasteiger partial charge is 0.416 e. The lowest BCUT2D eigenvalue weighted by molar-refractivity contribution is -0.175. The molecule has 0 radical (unpaired) electrons. The Morgan fingerprint density at radius 1 is 1.03 bits per heavy atom. The van der Waals surface area contributed by atoms with Crippen molar-refractivity contribution >= 4 is 17.9 Å². The van der Waals surface area contributed by atoms with Crippen LogP contribution in [0.2, 0.25) is 0 Å². The van der Waals surface area contributed by atoms with Crippen molar-refractivity contribution in [2.24, 2.45) is 11.8 Å². The normalized spacial score (nSPS) is 22.1. The van der Waals surface area contributed by atoms with Crippen LogP contribution in [0, 0.1) is 18.8 Å². The Labute approximate surface area is 220 Å². The number of fused-ring (bicyclic) bond motifs is 1. The second-order valence-electron chi connectivity index (χ2n) is 10.4. The van der Waals surface area contributed by atoms with E-state index in [4.69, 9.17) is 4.74 Å². The van der Waals surface area contributed by atoms with Crippen LogP contribution in [0.1, 0.15) is 43.0 Å². The Morgan fingerprint density at radius 2 is 1.71 bits per heavy atom. The molecule has 0 bridgehead atoms.